The smallest absolute Gasteiger partial charge is 0.265 e. The number of anilines is 1. The van der Waals surface area contributed by atoms with Crippen LogP contribution >= 0.6 is 15.9 Å². The number of alkyl halides is 1. The summed E-state index contributed by atoms with van der Waals surface area (Å²) in [6.07, 6.45) is -0.508. The van der Waals surface area contributed by atoms with Crippen molar-refractivity contribution in [3.8, 4) is 5.75 Å². The van der Waals surface area contributed by atoms with Gasteiger partial charge in [0.2, 0.25) is 0 Å². The zero-order valence-electron chi connectivity index (χ0n) is 10.4. The number of ether oxygens (including phenoxy) is 1. The molecule has 5 heteroatoms. The molecule has 1 aliphatic rings. The van der Waals surface area contributed by atoms with Crippen LogP contribution < -0.4 is 10.1 Å². The van der Waals surface area contributed by atoms with Crippen LogP contribution in [0.25, 0.3) is 0 Å². The number of rotatable bonds is 2. The highest BCUT2D eigenvalue weighted by Crippen LogP contribution is 2.32. The lowest BCUT2D eigenvalue weighted by Crippen LogP contribution is -2.34. The van der Waals surface area contributed by atoms with Crippen LogP contribution in [0.2, 0.25) is 0 Å². The molecular formula is C13H14BrNO3. The molecule has 1 N–H and O–H groups in total. The number of fused-ring (bicyclic) bond motifs is 1. The minimum Gasteiger partial charge on any atom is -0.479 e. The van der Waals surface area contributed by atoms with Crippen LogP contribution in [-0.4, -0.2) is 22.1 Å². The van der Waals surface area contributed by atoms with E-state index in [0.717, 1.165) is 0 Å². The lowest BCUT2D eigenvalue weighted by atomic mass is 10.00. The van der Waals surface area contributed by atoms with Crippen molar-refractivity contribution in [2.24, 2.45) is 0 Å². The number of benzene rings is 1. The van der Waals surface area contributed by atoms with Crippen molar-refractivity contribution in [1.82, 2.24) is 0 Å². The Labute approximate surface area is 114 Å². The van der Waals surface area contributed by atoms with Gasteiger partial charge in [-0.2, -0.15) is 0 Å². The minimum absolute atomic E-state index is 0.0434. The van der Waals surface area contributed by atoms with Gasteiger partial charge in [0.25, 0.3) is 5.91 Å². The lowest BCUT2D eigenvalue weighted by molar-refractivity contribution is -0.122. The van der Waals surface area contributed by atoms with Crippen molar-refractivity contribution < 1.29 is 14.3 Å². The first-order chi connectivity index (χ1) is 8.29. The summed E-state index contributed by atoms with van der Waals surface area (Å²) >= 11 is 3.33. The fraction of sp³-hybridized carbons (Fsp3) is 0.385. The number of Topliss-reactive ketones (excluding diaryl/α,β-unsaturated/α-hetero) is 1. The largest absolute Gasteiger partial charge is 0.479 e. The maximum absolute atomic E-state index is 12.1. The third-order valence-electron chi connectivity index (χ3n) is 2.71. The molecule has 0 aromatic heterocycles. The molecule has 96 valence electrons. The molecule has 1 aliphatic heterocycles. The van der Waals surface area contributed by atoms with Crippen LogP contribution in [0.15, 0.2) is 18.2 Å². The molecule has 1 aromatic carbocycles. The summed E-state index contributed by atoms with van der Waals surface area (Å²) < 4.78 is 4.80. The molecule has 0 radical (unpaired) electrons. The Morgan fingerprint density at radius 2 is 2.11 bits per heavy atom. The Morgan fingerprint density at radius 3 is 2.72 bits per heavy atom. The Morgan fingerprint density at radius 1 is 1.44 bits per heavy atom. The van der Waals surface area contributed by atoms with Gasteiger partial charge in [0, 0.05) is 5.56 Å². The molecular weight excluding hydrogens is 298 g/mol. The summed E-state index contributed by atoms with van der Waals surface area (Å²) in [5, 5.41) is 2.72. The highest BCUT2D eigenvalue weighted by Gasteiger charge is 2.28. The van der Waals surface area contributed by atoms with E-state index >= 15 is 0 Å². The summed E-state index contributed by atoms with van der Waals surface area (Å²) in [7, 11) is 0. The van der Waals surface area contributed by atoms with Gasteiger partial charge in [0.05, 0.1) is 10.0 Å². The van der Waals surface area contributed by atoms with E-state index in [4.69, 9.17) is 4.74 Å². The van der Waals surface area contributed by atoms with E-state index in [1.165, 1.54) is 0 Å². The number of hydrogen-bond acceptors (Lipinski definition) is 3. The first-order valence-corrected chi connectivity index (χ1v) is 6.43. The van der Waals surface area contributed by atoms with Crippen molar-refractivity contribution >= 4 is 33.3 Å². The van der Waals surface area contributed by atoms with Gasteiger partial charge >= 0.3 is 0 Å². The maximum atomic E-state index is 12.1. The predicted octanol–water partition coefficient (Wildman–Crippen LogP) is 2.76. The molecule has 0 saturated heterocycles. The van der Waals surface area contributed by atoms with Crippen LogP contribution in [0.1, 0.15) is 31.1 Å². The number of carbonyl (C=O) groups excluding carboxylic acids is 2. The molecule has 0 bridgehead atoms. The predicted molar refractivity (Wildman–Crippen MR) is 72.5 cm³/mol. The van der Waals surface area contributed by atoms with Crippen LogP contribution in [-0.2, 0) is 4.79 Å². The number of ketones is 1. The summed E-state index contributed by atoms with van der Waals surface area (Å²) in [5.74, 6) is 0.342. The zero-order valence-corrected chi connectivity index (χ0v) is 12.0. The second kappa shape index (κ2) is 4.39. The SMILES string of the molecule is CC1Oc2ccc(C(=O)C(C)(C)Br)cc2NC1=O. The van der Waals surface area contributed by atoms with Gasteiger partial charge in [-0.25, -0.2) is 0 Å². The van der Waals surface area contributed by atoms with E-state index in [9.17, 15) is 9.59 Å². The molecule has 0 fully saturated rings. The van der Waals surface area contributed by atoms with E-state index in [1.807, 2.05) is 0 Å². The van der Waals surface area contributed by atoms with Gasteiger partial charge in [-0.3, -0.25) is 9.59 Å². The number of carbonyl (C=O) groups is 2. The van der Waals surface area contributed by atoms with Crippen LogP contribution in [0.4, 0.5) is 5.69 Å². The first kappa shape index (κ1) is 13.1. The minimum atomic E-state index is -0.631. The summed E-state index contributed by atoms with van der Waals surface area (Å²) in [6.45, 7) is 5.25. The quantitative estimate of drug-likeness (QED) is 0.675. The van der Waals surface area contributed by atoms with Crippen molar-refractivity contribution in [2.75, 3.05) is 5.32 Å². The van der Waals surface area contributed by atoms with E-state index in [1.54, 1.807) is 39.0 Å². The Kier molecular flexibility index (Phi) is 3.19. The number of nitrogens with one attached hydrogen (secondary N) is 1. The molecule has 1 atom stereocenters. The molecule has 1 aromatic rings. The van der Waals surface area contributed by atoms with Crippen molar-refractivity contribution in [1.29, 1.82) is 0 Å². The fourth-order valence-electron chi connectivity index (χ4n) is 1.69. The highest BCUT2D eigenvalue weighted by atomic mass is 79.9. The normalized spacial score (nSPS) is 18.7. The van der Waals surface area contributed by atoms with Crippen molar-refractivity contribution in [3.63, 3.8) is 0 Å². The molecule has 18 heavy (non-hydrogen) atoms. The molecule has 0 spiro atoms. The second-order valence-electron chi connectivity index (χ2n) is 4.76. The molecule has 1 amide bonds. The van der Waals surface area contributed by atoms with Gasteiger partial charge < -0.3 is 10.1 Å². The summed E-state index contributed by atoms with van der Waals surface area (Å²) in [5.41, 5.74) is 1.08. The zero-order chi connectivity index (χ0) is 13.5. The van der Waals surface area contributed by atoms with Crippen LogP contribution in [0, 0.1) is 0 Å². The molecule has 1 heterocycles. The third kappa shape index (κ3) is 2.41. The standard InChI is InChI=1S/C13H14BrNO3/c1-7-12(17)15-9-6-8(4-5-10(9)18-7)11(16)13(2,3)14/h4-7H,1-3H3,(H,15,17). The Hall–Kier alpha value is -1.36. The van der Waals surface area contributed by atoms with Gasteiger partial charge in [0.1, 0.15) is 5.75 Å². The molecule has 2 rings (SSSR count). The maximum Gasteiger partial charge on any atom is 0.265 e. The number of hydrogen-bond donors (Lipinski definition) is 1. The van der Waals surface area contributed by atoms with E-state index in [0.29, 0.717) is 17.0 Å². The van der Waals surface area contributed by atoms with E-state index in [2.05, 4.69) is 21.2 Å². The highest BCUT2D eigenvalue weighted by molar-refractivity contribution is 9.10. The number of amides is 1. The molecule has 0 saturated carbocycles. The van der Waals surface area contributed by atoms with Crippen LogP contribution in [0.5, 0.6) is 5.75 Å². The van der Waals surface area contributed by atoms with Crippen molar-refractivity contribution in [2.45, 2.75) is 31.2 Å². The van der Waals surface area contributed by atoms with E-state index < -0.39 is 10.4 Å². The molecule has 1 unspecified atom stereocenters. The van der Waals surface area contributed by atoms with Gasteiger partial charge in [-0.1, -0.05) is 15.9 Å². The van der Waals surface area contributed by atoms with Crippen molar-refractivity contribution in [3.05, 3.63) is 23.8 Å². The average Bonchev–Trinajstić information content (AvgIpc) is 2.28. The van der Waals surface area contributed by atoms with Gasteiger partial charge in [-0.05, 0) is 39.0 Å². The fourth-order valence-corrected chi connectivity index (χ4v) is 1.92. The average molecular weight is 312 g/mol. The number of halogens is 1. The lowest BCUT2D eigenvalue weighted by Gasteiger charge is -2.24. The summed E-state index contributed by atoms with van der Waals surface area (Å²) in [6, 6.07) is 5.05. The second-order valence-corrected chi connectivity index (χ2v) is 6.74. The molecule has 4 nitrogen and oxygen atoms in total. The van der Waals surface area contributed by atoms with E-state index in [-0.39, 0.29) is 11.7 Å². The Balaban J connectivity index is 2.37. The summed E-state index contributed by atoms with van der Waals surface area (Å²) in [4.78, 5) is 23.6. The first-order valence-electron chi connectivity index (χ1n) is 5.64. The third-order valence-corrected chi connectivity index (χ3v) is 3.07. The van der Waals surface area contributed by atoms with Gasteiger partial charge in [0.15, 0.2) is 11.9 Å². The molecule has 0 aliphatic carbocycles. The monoisotopic (exact) mass is 311 g/mol. The van der Waals surface area contributed by atoms with Gasteiger partial charge in [-0.15, -0.1) is 0 Å². The topological polar surface area (TPSA) is 55.4 Å². The Bertz CT molecular complexity index is 519. The van der Waals surface area contributed by atoms with Crippen LogP contribution in [0.3, 0.4) is 0 Å².